The second kappa shape index (κ2) is 8.65. The van der Waals surface area contributed by atoms with Gasteiger partial charge in [0.15, 0.2) is 17.4 Å². The molecule has 0 saturated carbocycles. The molecule has 0 bridgehead atoms. The van der Waals surface area contributed by atoms with E-state index in [1.165, 1.54) is 0 Å². The highest BCUT2D eigenvalue weighted by Crippen LogP contribution is 2.44. The van der Waals surface area contributed by atoms with Crippen molar-refractivity contribution in [1.82, 2.24) is 4.98 Å². The molecule has 7 nitrogen and oxygen atoms in total. The number of rotatable bonds is 6. The van der Waals surface area contributed by atoms with E-state index < -0.39 is 29.6 Å². The predicted octanol–water partition coefficient (Wildman–Crippen LogP) is 4.76. The van der Waals surface area contributed by atoms with Gasteiger partial charge in [-0.1, -0.05) is 18.2 Å². The molecular weight excluding hydrogens is 525 g/mol. The van der Waals surface area contributed by atoms with Gasteiger partial charge in [0, 0.05) is 36.9 Å². The second-order valence-corrected chi connectivity index (χ2v) is 9.12. The topological polar surface area (TPSA) is 86.9 Å². The number of hydrogen-bond donors (Lipinski definition) is 1. The van der Waals surface area contributed by atoms with Crippen LogP contribution in [0.2, 0.25) is 0 Å². The number of aromatic amines is 1. The van der Waals surface area contributed by atoms with E-state index in [2.05, 4.69) is 27.6 Å². The molecule has 1 atom stereocenters. The van der Waals surface area contributed by atoms with Gasteiger partial charge in [0.25, 0.3) is 5.79 Å². The fourth-order valence-electron chi connectivity index (χ4n) is 4.11. The van der Waals surface area contributed by atoms with Gasteiger partial charge in [-0.2, -0.15) is 0 Å². The summed E-state index contributed by atoms with van der Waals surface area (Å²) < 4.78 is 23.1. The number of benzene rings is 2. The minimum atomic E-state index is -1.31. The number of cyclic esters (lactones) is 2. The summed E-state index contributed by atoms with van der Waals surface area (Å²) in [6.45, 7) is 5.47. The maximum Gasteiger partial charge on any atom is 0.324 e. The van der Waals surface area contributed by atoms with Crippen LogP contribution in [0.25, 0.3) is 10.9 Å². The molecule has 0 amide bonds. The summed E-state index contributed by atoms with van der Waals surface area (Å²) in [6, 6.07) is 11.4. The van der Waals surface area contributed by atoms with Crippen molar-refractivity contribution < 1.29 is 28.5 Å². The first kappa shape index (κ1) is 22.4. The molecule has 1 saturated heterocycles. The Labute approximate surface area is 199 Å². The molecule has 0 aliphatic carbocycles. The van der Waals surface area contributed by atoms with Crippen LogP contribution in [0.4, 0.5) is 0 Å². The molecule has 1 N–H and O–H groups in total. The first-order chi connectivity index (χ1) is 15.3. The standard InChI is InChI=1S/C24H24INO6/c1-5-30-21-16(25)10-13(11-18(21)29-4)19(15-12-26-17-9-7-6-8-14(15)17)20-22(27)31-24(2,3)32-23(20)28/h6-12,19-20,26H,5H2,1-4H3/t19-/m1/s1. The average molecular weight is 549 g/mol. The largest absolute Gasteiger partial charge is 0.493 e. The molecule has 0 spiro atoms. The maximum atomic E-state index is 13.1. The summed E-state index contributed by atoms with van der Waals surface area (Å²) in [7, 11) is 1.56. The minimum absolute atomic E-state index is 0.480. The van der Waals surface area contributed by atoms with Gasteiger partial charge >= 0.3 is 11.9 Å². The Kier molecular flexibility index (Phi) is 6.07. The number of carbonyl (C=O) groups is 2. The number of fused-ring (bicyclic) bond motifs is 1. The van der Waals surface area contributed by atoms with Crippen LogP contribution in [-0.2, 0) is 19.1 Å². The third-order valence-corrected chi connectivity index (χ3v) is 6.19. The Morgan fingerprint density at radius 2 is 1.84 bits per heavy atom. The second-order valence-electron chi connectivity index (χ2n) is 7.95. The number of nitrogens with one attached hydrogen (secondary N) is 1. The van der Waals surface area contributed by atoms with E-state index in [1.54, 1.807) is 27.0 Å². The zero-order chi connectivity index (χ0) is 23.0. The SMILES string of the molecule is CCOc1c(I)cc([C@H](c2c[nH]c3ccccc23)C2C(=O)OC(C)(C)OC2=O)cc1OC. The molecule has 1 aromatic heterocycles. The van der Waals surface area contributed by atoms with Crippen LogP contribution in [0.1, 0.15) is 37.8 Å². The monoisotopic (exact) mass is 549 g/mol. The lowest BCUT2D eigenvalue weighted by atomic mass is 9.80. The number of H-pyrrole nitrogens is 1. The van der Waals surface area contributed by atoms with Crippen molar-refractivity contribution in [3.8, 4) is 11.5 Å². The normalized spacial score (nSPS) is 17.0. The zero-order valence-corrected chi connectivity index (χ0v) is 20.4. The van der Waals surface area contributed by atoms with Crippen molar-refractivity contribution in [1.29, 1.82) is 0 Å². The fraction of sp³-hybridized carbons (Fsp3) is 0.333. The average Bonchev–Trinajstić information content (AvgIpc) is 3.15. The van der Waals surface area contributed by atoms with Gasteiger partial charge in [0.05, 0.1) is 17.3 Å². The molecule has 8 heteroatoms. The van der Waals surface area contributed by atoms with E-state index in [9.17, 15) is 9.59 Å². The Balaban J connectivity index is 1.92. The molecule has 0 unspecified atom stereocenters. The molecular formula is C24H24INO6. The van der Waals surface area contributed by atoms with Gasteiger partial charge < -0.3 is 23.9 Å². The van der Waals surface area contributed by atoms with Crippen LogP contribution in [0.3, 0.4) is 0 Å². The summed E-state index contributed by atoms with van der Waals surface area (Å²) in [5.41, 5.74) is 2.41. The highest BCUT2D eigenvalue weighted by molar-refractivity contribution is 14.1. The smallest absolute Gasteiger partial charge is 0.324 e. The number of esters is 2. The summed E-state index contributed by atoms with van der Waals surface area (Å²) >= 11 is 2.17. The Morgan fingerprint density at radius 1 is 1.16 bits per heavy atom. The van der Waals surface area contributed by atoms with Crippen LogP contribution in [0.15, 0.2) is 42.6 Å². The fourth-order valence-corrected chi connectivity index (χ4v) is 4.89. The van der Waals surface area contributed by atoms with Crippen molar-refractivity contribution in [2.45, 2.75) is 32.5 Å². The van der Waals surface area contributed by atoms with E-state index in [1.807, 2.05) is 43.5 Å². The van der Waals surface area contributed by atoms with Crippen molar-refractivity contribution in [3.63, 3.8) is 0 Å². The van der Waals surface area contributed by atoms with Gasteiger partial charge in [-0.25, -0.2) is 0 Å². The van der Waals surface area contributed by atoms with Crippen LogP contribution in [0.5, 0.6) is 11.5 Å². The molecule has 4 rings (SSSR count). The number of aromatic nitrogens is 1. The molecule has 1 aliphatic heterocycles. The molecule has 0 radical (unpaired) electrons. The zero-order valence-electron chi connectivity index (χ0n) is 18.2. The van der Waals surface area contributed by atoms with E-state index in [4.69, 9.17) is 18.9 Å². The first-order valence-corrected chi connectivity index (χ1v) is 11.4. The first-order valence-electron chi connectivity index (χ1n) is 10.3. The number of para-hydroxylation sites is 1. The molecule has 1 fully saturated rings. The highest BCUT2D eigenvalue weighted by atomic mass is 127. The van der Waals surface area contributed by atoms with Crippen molar-refractivity contribution in [2.24, 2.45) is 5.92 Å². The molecule has 168 valence electrons. The van der Waals surface area contributed by atoms with Crippen molar-refractivity contribution >= 4 is 45.4 Å². The van der Waals surface area contributed by atoms with Crippen LogP contribution in [-0.4, -0.2) is 36.4 Å². The van der Waals surface area contributed by atoms with Gasteiger partial charge in [-0.3, -0.25) is 9.59 Å². The van der Waals surface area contributed by atoms with Gasteiger partial charge in [0.1, 0.15) is 0 Å². The van der Waals surface area contributed by atoms with Gasteiger partial charge in [0.2, 0.25) is 0 Å². The van der Waals surface area contributed by atoms with Crippen molar-refractivity contribution in [2.75, 3.05) is 13.7 Å². The summed E-state index contributed by atoms with van der Waals surface area (Å²) in [5, 5.41) is 0.908. The Bertz CT molecular complexity index is 1160. The number of carbonyl (C=O) groups excluding carboxylic acids is 2. The number of ether oxygens (including phenoxy) is 4. The van der Waals surface area contributed by atoms with Crippen LogP contribution >= 0.6 is 22.6 Å². The van der Waals surface area contributed by atoms with Crippen LogP contribution < -0.4 is 9.47 Å². The summed E-state index contributed by atoms with van der Waals surface area (Å²) in [5.74, 6) is -3.22. The summed E-state index contributed by atoms with van der Waals surface area (Å²) in [6.07, 6.45) is 1.82. The van der Waals surface area contributed by atoms with E-state index in [0.717, 1.165) is 25.6 Å². The quantitative estimate of drug-likeness (QED) is 0.271. The number of hydrogen-bond acceptors (Lipinski definition) is 6. The number of methoxy groups -OCH3 is 1. The highest BCUT2D eigenvalue weighted by Gasteiger charge is 2.48. The lowest BCUT2D eigenvalue weighted by Gasteiger charge is -2.36. The molecule has 1 aliphatic rings. The third-order valence-electron chi connectivity index (χ3n) is 5.39. The maximum absolute atomic E-state index is 13.1. The Hall–Kier alpha value is -2.75. The minimum Gasteiger partial charge on any atom is -0.493 e. The van der Waals surface area contributed by atoms with Gasteiger partial charge in [-0.05, 0) is 58.8 Å². The molecule has 3 aromatic rings. The van der Waals surface area contributed by atoms with Crippen LogP contribution in [0, 0.1) is 9.49 Å². The molecule has 2 heterocycles. The van der Waals surface area contributed by atoms with E-state index in [0.29, 0.717) is 18.1 Å². The lowest BCUT2D eigenvalue weighted by Crippen LogP contribution is -2.48. The molecule has 32 heavy (non-hydrogen) atoms. The van der Waals surface area contributed by atoms with E-state index >= 15 is 0 Å². The predicted molar refractivity (Wildman–Crippen MR) is 127 cm³/mol. The Morgan fingerprint density at radius 3 is 2.50 bits per heavy atom. The van der Waals surface area contributed by atoms with Gasteiger partial charge in [-0.15, -0.1) is 0 Å². The molecule has 2 aromatic carbocycles. The van der Waals surface area contributed by atoms with Crippen molar-refractivity contribution in [3.05, 3.63) is 57.3 Å². The lowest BCUT2D eigenvalue weighted by molar-refractivity contribution is -0.240. The third kappa shape index (κ3) is 4.03. The summed E-state index contributed by atoms with van der Waals surface area (Å²) in [4.78, 5) is 29.4. The van der Waals surface area contributed by atoms with E-state index in [-0.39, 0.29) is 0 Å². The number of halogens is 1.